The van der Waals surface area contributed by atoms with E-state index in [9.17, 15) is 4.39 Å². The van der Waals surface area contributed by atoms with E-state index in [1.165, 1.54) is 12.1 Å². The lowest BCUT2D eigenvalue weighted by Gasteiger charge is -2.13. The Labute approximate surface area is 111 Å². The lowest BCUT2D eigenvalue weighted by molar-refractivity contribution is 0.586. The van der Waals surface area contributed by atoms with Gasteiger partial charge in [0.15, 0.2) is 0 Å². The molecule has 0 saturated heterocycles. The van der Waals surface area contributed by atoms with Crippen LogP contribution in [0.1, 0.15) is 30.7 Å². The summed E-state index contributed by atoms with van der Waals surface area (Å²) in [6.07, 6.45) is 0. The van der Waals surface area contributed by atoms with Gasteiger partial charge in [-0.3, -0.25) is 0 Å². The van der Waals surface area contributed by atoms with Gasteiger partial charge in [-0.25, -0.2) is 9.37 Å². The first-order chi connectivity index (χ1) is 8.41. The van der Waals surface area contributed by atoms with Crippen molar-refractivity contribution >= 4 is 11.3 Å². The average Bonchev–Trinajstić information content (AvgIpc) is 2.72. The largest absolute Gasteiger partial charge is 0.326 e. The first-order valence-electron chi connectivity index (χ1n) is 5.88. The van der Waals surface area contributed by atoms with Crippen LogP contribution in [-0.2, 0) is 12.0 Å². The third kappa shape index (κ3) is 2.60. The van der Waals surface area contributed by atoms with E-state index in [4.69, 9.17) is 5.73 Å². The van der Waals surface area contributed by atoms with Crippen LogP contribution in [0.5, 0.6) is 0 Å². The highest BCUT2D eigenvalue weighted by Gasteiger charge is 2.21. The Morgan fingerprint density at radius 1 is 1.33 bits per heavy atom. The highest BCUT2D eigenvalue weighted by Crippen LogP contribution is 2.34. The first-order valence-corrected chi connectivity index (χ1v) is 6.69. The molecule has 0 amide bonds. The summed E-state index contributed by atoms with van der Waals surface area (Å²) in [7, 11) is 0. The van der Waals surface area contributed by atoms with E-state index in [1.54, 1.807) is 17.4 Å². The number of thiazole rings is 1. The number of benzene rings is 1. The lowest BCUT2D eigenvalue weighted by atomic mass is 9.98. The van der Waals surface area contributed by atoms with Gasteiger partial charge in [-0.15, -0.1) is 11.3 Å². The summed E-state index contributed by atoms with van der Waals surface area (Å²) in [5.74, 6) is -0.249. The van der Waals surface area contributed by atoms with Crippen LogP contribution in [0, 0.1) is 5.82 Å². The molecule has 0 aliphatic rings. The molecule has 0 unspecified atom stereocenters. The zero-order valence-electron chi connectivity index (χ0n) is 10.8. The molecule has 4 heteroatoms. The van der Waals surface area contributed by atoms with Gasteiger partial charge in [0.1, 0.15) is 5.82 Å². The summed E-state index contributed by atoms with van der Waals surface area (Å²) in [5, 5.41) is 1.03. The Morgan fingerprint density at radius 2 is 2.06 bits per heavy atom. The molecule has 0 saturated carbocycles. The fourth-order valence-electron chi connectivity index (χ4n) is 1.67. The highest BCUT2D eigenvalue weighted by molar-refractivity contribution is 7.12. The van der Waals surface area contributed by atoms with Crippen molar-refractivity contribution in [2.45, 2.75) is 32.7 Å². The SMILES string of the molecule is CC(C)(C)c1nc(-c2cccc(F)c2)c(CN)s1. The van der Waals surface area contributed by atoms with Gasteiger partial charge < -0.3 is 5.73 Å². The summed E-state index contributed by atoms with van der Waals surface area (Å²) in [4.78, 5) is 5.64. The maximum atomic E-state index is 13.3. The second-order valence-corrected chi connectivity index (χ2v) is 6.34. The normalized spacial score (nSPS) is 11.8. The third-order valence-corrected chi connectivity index (χ3v) is 4.13. The van der Waals surface area contributed by atoms with Crippen molar-refractivity contribution in [2.24, 2.45) is 5.73 Å². The summed E-state index contributed by atoms with van der Waals surface area (Å²) in [5.41, 5.74) is 7.35. The van der Waals surface area contributed by atoms with Gasteiger partial charge in [0.2, 0.25) is 0 Å². The zero-order chi connectivity index (χ0) is 13.3. The summed E-state index contributed by atoms with van der Waals surface area (Å²) in [6.45, 7) is 6.77. The molecule has 0 aliphatic heterocycles. The van der Waals surface area contributed by atoms with Crippen LogP contribution in [-0.4, -0.2) is 4.98 Å². The number of nitrogens with two attached hydrogens (primary N) is 1. The van der Waals surface area contributed by atoms with Crippen molar-refractivity contribution < 1.29 is 4.39 Å². The molecule has 1 heterocycles. The van der Waals surface area contributed by atoms with Crippen LogP contribution in [0.2, 0.25) is 0 Å². The van der Waals surface area contributed by atoms with Gasteiger partial charge in [-0.1, -0.05) is 32.9 Å². The lowest BCUT2D eigenvalue weighted by Crippen LogP contribution is -2.10. The topological polar surface area (TPSA) is 38.9 Å². The van der Waals surface area contributed by atoms with Crippen LogP contribution in [0.3, 0.4) is 0 Å². The first kappa shape index (κ1) is 13.2. The van der Waals surface area contributed by atoms with E-state index >= 15 is 0 Å². The van der Waals surface area contributed by atoms with Gasteiger partial charge in [0.05, 0.1) is 10.7 Å². The van der Waals surface area contributed by atoms with Gasteiger partial charge in [-0.05, 0) is 12.1 Å². The predicted molar refractivity (Wildman–Crippen MR) is 74.1 cm³/mol. The van der Waals surface area contributed by atoms with E-state index < -0.39 is 0 Å². The number of hydrogen-bond donors (Lipinski definition) is 1. The van der Waals surface area contributed by atoms with Gasteiger partial charge in [-0.2, -0.15) is 0 Å². The molecule has 2 N–H and O–H groups in total. The molecule has 2 rings (SSSR count). The minimum absolute atomic E-state index is 0.0137. The Bertz CT molecular complexity index is 555. The summed E-state index contributed by atoms with van der Waals surface area (Å²) >= 11 is 1.61. The molecular weight excluding hydrogens is 247 g/mol. The van der Waals surface area contributed by atoms with Gasteiger partial charge in [0, 0.05) is 22.4 Å². The molecule has 0 bridgehead atoms. The van der Waals surface area contributed by atoms with Crippen LogP contribution in [0.4, 0.5) is 4.39 Å². The van der Waals surface area contributed by atoms with Crippen LogP contribution in [0.15, 0.2) is 24.3 Å². The van der Waals surface area contributed by atoms with Crippen molar-refractivity contribution in [3.63, 3.8) is 0 Å². The van der Waals surface area contributed by atoms with E-state index in [1.807, 2.05) is 6.07 Å². The minimum atomic E-state index is -0.249. The standard InChI is InChI=1S/C14H17FN2S/c1-14(2,3)13-17-12(11(8-16)18-13)9-5-4-6-10(15)7-9/h4-7H,8,16H2,1-3H3. The molecule has 0 atom stereocenters. The van der Waals surface area contributed by atoms with Crippen LogP contribution in [0.25, 0.3) is 11.3 Å². The Balaban J connectivity index is 2.54. The number of hydrogen-bond acceptors (Lipinski definition) is 3. The Morgan fingerprint density at radius 3 is 2.61 bits per heavy atom. The fraction of sp³-hybridized carbons (Fsp3) is 0.357. The minimum Gasteiger partial charge on any atom is -0.326 e. The zero-order valence-corrected chi connectivity index (χ0v) is 11.6. The molecule has 0 fully saturated rings. The van der Waals surface area contributed by atoms with Crippen LogP contribution >= 0.6 is 11.3 Å². The molecule has 18 heavy (non-hydrogen) atoms. The Kier molecular flexibility index (Phi) is 3.50. The molecule has 0 radical (unpaired) electrons. The molecule has 1 aromatic heterocycles. The van der Waals surface area contributed by atoms with Crippen LogP contribution < -0.4 is 5.73 Å². The number of nitrogens with zero attached hydrogens (tertiary/aromatic N) is 1. The summed E-state index contributed by atoms with van der Waals surface area (Å²) in [6, 6.07) is 6.49. The van der Waals surface area contributed by atoms with E-state index in [-0.39, 0.29) is 11.2 Å². The summed E-state index contributed by atoms with van der Waals surface area (Å²) < 4.78 is 13.3. The smallest absolute Gasteiger partial charge is 0.123 e. The molecule has 2 nitrogen and oxygen atoms in total. The Hall–Kier alpha value is -1.26. The third-order valence-electron chi connectivity index (χ3n) is 2.62. The fourth-order valence-corrected chi connectivity index (χ4v) is 2.69. The van der Waals surface area contributed by atoms with E-state index in [0.29, 0.717) is 6.54 Å². The predicted octanol–water partition coefficient (Wildman–Crippen LogP) is 3.71. The average molecular weight is 264 g/mol. The number of halogens is 1. The second-order valence-electron chi connectivity index (χ2n) is 5.26. The highest BCUT2D eigenvalue weighted by atomic mass is 32.1. The molecule has 0 aliphatic carbocycles. The molecular formula is C14H17FN2S. The van der Waals surface area contributed by atoms with Crippen molar-refractivity contribution in [1.82, 2.24) is 4.98 Å². The van der Waals surface area contributed by atoms with E-state index in [0.717, 1.165) is 21.1 Å². The monoisotopic (exact) mass is 264 g/mol. The molecule has 0 spiro atoms. The van der Waals surface area contributed by atoms with Crippen molar-refractivity contribution in [3.8, 4) is 11.3 Å². The van der Waals surface area contributed by atoms with Crippen molar-refractivity contribution in [2.75, 3.05) is 0 Å². The van der Waals surface area contributed by atoms with Crippen molar-refractivity contribution in [3.05, 3.63) is 40.0 Å². The van der Waals surface area contributed by atoms with Gasteiger partial charge >= 0.3 is 0 Å². The number of aromatic nitrogens is 1. The maximum absolute atomic E-state index is 13.3. The van der Waals surface area contributed by atoms with E-state index in [2.05, 4.69) is 25.8 Å². The van der Waals surface area contributed by atoms with Gasteiger partial charge in [0.25, 0.3) is 0 Å². The molecule has 2 aromatic rings. The molecule has 1 aromatic carbocycles. The number of rotatable bonds is 2. The quantitative estimate of drug-likeness (QED) is 0.898. The van der Waals surface area contributed by atoms with Crippen molar-refractivity contribution in [1.29, 1.82) is 0 Å². The second kappa shape index (κ2) is 4.78. The molecule has 96 valence electrons. The maximum Gasteiger partial charge on any atom is 0.123 e.